The topological polar surface area (TPSA) is 20.2 Å². The molecule has 1 aliphatic rings. The average molecular weight is 323 g/mol. The third kappa shape index (κ3) is 3.49. The Kier molecular flexibility index (Phi) is 5.23. The van der Waals surface area contributed by atoms with E-state index in [0.717, 1.165) is 29.3 Å². The molecule has 0 bridgehead atoms. The van der Waals surface area contributed by atoms with E-state index in [2.05, 4.69) is 28.9 Å². The number of hydrogen-bond donors (Lipinski definition) is 1. The van der Waals surface area contributed by atoms with Crippen LogP contribution in [0.2, 0.25) is 0 Å². The zero-order valence-electron chi connectivity index (χ0n) is 11.7. The lowest BCUT2D eigenvalue weighted by Gasteiger charge is -2.32. The highest BCUT2D eigenvalue weighted by Gasteiger charge is 2.31. The van der Waals surface area contributed by atoms with Crippen LogP contribution in [0.3, 0.4) is 0 Å². The van der Waals surface area contributed by atoms with Crippen LogP contribution in [0.1, 0.15) is 57.4 Å². The van der Waals surface area contributed by atoms with Crippen molar-refractivity contribution in [2.75, 3.05) is 0 Å². The van der Waals surface area contributed by atoms with Crippen molar-refractivity contribution in [2.45, 2.75) is 57.5 Å². The lowest BCUT2D eigenvalue weighted by Crippen LogP contribution is -2.28. The molecule has 0 saturated heterocycles. The Balaban J connectivity index is 2.35. The van der Waals surface area contributed by atoms with E-state index in [1.807, 2.05) is 24.3 Å². The van der Waals surface area contributed by atoms with Gasteiger partial charge in [0.05, 0.1) is 0 Å². The molecule has 2 rings (SSSR count). The minimum absolute atomic E-state index is 0.731. The van der Waals surface area contributed by atoms with E-state index >= 15 is 0 Å². The van der Waals surface area contributed by atoms with Crippen molar-refractivity contribution in [2.24, 2.45) is 0 Å². The summed E-state index contributed by atoms with van der Waals surface area (Å²) in [5.41, 5.74) is 1.44. The van der Waals surface area contributed by atoms with Gasteiger partial charge in [-0.05, 0) is 55.4 Å². The van der Waals surface area contributed by atoms with E-state index < -0.39 is 5.60 Å². The van der Waals surface area contributed by atoms with Crippen LogP contribution in [0.25, 0.3) is 0 Å². The number of rotatable bonds is 3. The monoisotopic (exact) mass is 322 g/mol. The van der Waals surface area contributed by atoms with Gasteiger partial charge in [0.25, 0.3) is 0 Å². The molecule has 1 N–H and O–H groups in total. The Hall–Kier alpha value is -0.600. The molecule has 1 aromatic rings. The number of allylic oxidation sites excluding steroid dienone is 1. The van der Waals surface area contributed by atoms with Gasteiger partial charge in [-0.1, -0.05) is 53.9 Å². The van der Waals surface area contributed by atoms with Crippen molar-refractivity contribution in [3.63, 3.8) is 0 Å². The highest BCUT2D eigenvalue weighted by atomic mass is 79.9. The van der Waals surface area contributed by atoms with Gasteiger partial charge < -0.3 is 5.11 Å². The van der Waals surface area contributed by atoms with Crippen molar-refractivity contribution in [1.82, 2.24) is 0 Å². The summed E-state index contributed by atoms with van der Waals surface area (Å²) in [6.45, 7) is 2.07. The number of halogens is 1. The lowest BCUT2D eigenvalue weighted by atomic mass is 9.80. The Labute approximate surface area is 124 Å². The molecular weight excluding hydrogens is 300 g/mol. The Bertz CT molecular complexity index is 452. The van der Waals surface area contributed by atoms with Crippen molar-refractivity contribution < 1.29 is 5.11 Å². The normalized spacial score (nSPS) is 22.8. The van der Waals surface area contributed by atoms with Crippen molar-refractivity contribution >= 4 is 15.9 Å². The second kappa shape index (κ2) is 6.71. The van der Waals surface area contributed by atoms with Crippen LogP contribution in [-0.4, -0.2) is 5.11 Å². The molecule has 0 spiro atoms. The molecule has 1 atom stereocenters. The first kappa shape index (κ1) is 14.8. The summed E-state index contributed by atoms with van der Waals surface area (Å²) in [6, 6.07) is 8.09. The van der Waals surface area contributed by atoms with E-state index in [4.69, 9.17) is 0 Å². The Morgan fingerprint density at radius 3 is 2.74 bits per heavy atom. The Morgan fingerprint density at radius 1 is 1.21 bits per heavy atom. The number of aliphatic hydroxyl groups is 1. The lowest BCUT2D eigenvalue weighted by molar-refractivity contribution is 0.0670. The molecule has 1 nitrogen and oxygen atoms in total. The molecule has 1 unspecified atom stereocenters. The summed E-state index contributed by atoms with van der Waals surface area (Å²) in [4.78, 5) is 0. The van der Waals surface area contributed by atoms with E-state index in [-0.39, 0.29) is 0 Å². The predicted molar refractivity (Wildman–Crippen MR) is 84.1 cm³/mol. The minimum Gasteiger partial charge on any atom is -0.381 e. The maximum Gasteiger partial charge on any atom is 0.110 e. The molecule has 1 aliphatic carbocycles. The quantitative estimate of drug-likeness (QED) is 0.746. The number of benzene rings is 1. The molecule has 2 heteroatoms. The van der Waals surface area contributed by atoms with E-state index in [0.29, 0.717) is 0 Å². The predicted octanol–water partition coefficient (Wildman–Crippen LogP) is 5.33. The van der Waals surface area contributed by atoms with Crippen LogP contribution in [0, 0.1) is 0 Å². The maximum atomic E-state index is 11.2. The van der Waals surface area contributed by atoms with Gasteiger partial charge >= 0.3 is 0 Å². The zero-order chi connectivity index (χ0) is 13.7. The molecule has 0 amide bonds. The summed E-state index contributed by atoms with van der Waals surface area (Å²) in [7, 11) is 0. The van der Waals surface area contributed by atoms with Crippen LogP contribution >= 0.6 is 15.9 Å². The van der Waals surface area contributed by atoms with Crippen LogP contribution in [0.15, 0.2) is 40.4 Å². The second-order valence-corrected chi connectivity index (χ2v) is 6.32. The second-order valence-electron chi connectivity index (χ2n) is 5.41. The highest BCUT2D eigenvalue weighted by molar-refractivity contribution is 9.10. The van der Waals surface area contributed by atoms with Gasteiger partial charge in [0.15, 0.2) is 0 Å². The largest absolute Gasteiger partial charge is 0.381 e. The van der Waals surface area contributed by atoms with E-state index in [1.54, 1.807) is 0 Å². The first-order chi connectivity index (χ1) is 9.16. The first-order valence-electron chi connectivity index (χ1n) is 7.35. The smallest absolute Gasteiger partial charge is 0.110 e. The SMILES string of the molecule is CCC(O)(/C1=C/CCCCCC1)c1cccc(Br)c1. The van der Waals surface area contributed by atoms with Crippen LogP contribution in [0.5, 0.6) is 0 Å². The fraction of sp³-hybridized carbons (Fsp3) is 0.529. The molecule has 0 aliphatic heterocycles. The molecule has 104 valence electrons. The van der Waals surface area contributed by atoms with Gasteiger partial charge in [-0.2, -0.15) is 0 Å². The third-order valence-corrected chi connectivity index (χ3v) is 4.63. The molecule has 0 saturated carbocycles. The van der Waals surface area contributed by atoms with Crippen LogP contribution in [0.4, 0.5) is 0 Å². The molecule has 1 aromatic carbocycles. The van der Waals surface area contributed by atoms with Crippen molar-refractivity contribution in [3.05, 3.63) is 46.0 Å². The van der Waals surface area contributed by atoms with E-state index in [9.17, 15) is 5.11 Å². The van der Waals surface area contributed by atoms with Gasteiger partial charge in [0.1, 0.15) is 5.60 Å². The third-order valence-electron chi connectivity index (χ3n) is 4.14. The fourth-order valence-electron chi connectivity index (χ4n) is 2.93. The van der Waals surface area contributed by atoms with E-state index in [1.165, 1.54) is 31.3 Å². The zero-order valence-corrected chi connectivity index (χ0v) is 13.2. The van der Waals surface area contributed by atoms with Crippen LogP contribution < -0.4 is 0 Å². The number of hydrogen-bond acceptors (Lipinski definition) is 1. The summed E-state index contributed by atoms with van der Waals surface area (Å²) in [5, 5.41) is 11.2. The molecule has 0 fully saturated rings. The molecule has 0 aromatic heterocycles. The molecule has 0 radical (unpaired) electrons. The average Bonchev–Trinajstić information content (AvgIpc) is 2.37. The summed E-state index contributed by atoms with van der Waals surface area (Å²) in [6.07, 6.45) is 10.2. The van der Waals surface area contributed by atoms with Gasteiger partial charge in [-0.15, -0.1) is 0 Å². The summed E-state index contributed by atoms with van der Waals surface area (Å²) in [5.74, 6) is 0. The Morgan fingerprint density at radius 2 is 2.00 bits per heavy atom. The van der Waals surface area contributed by atoms with Gasteiger partial charge in [-0.3, -0.25) is 0 Å². The highest BCUT2D eigenvalue weighted by Crippen LogP contribution is 2.38. The molecule has 19 heavy (non-hydrogen) atoms. The van der Waals surface area contributed by atoms with Crippen LogP contribution in [-0.2, 0) is 5.60 Å². The summed E-state index contributed by atoms with van der Waals surface area (Å²) >= 11 is 3.51. The van der Waals surface area contributed by atoms with Gasteiger partial charge in [-0.25, -0.2) is 0 Å². The summed E-state index contributed by atoms with van der Waals surface area (Å²) < 4.78 is 1.03. The van der Waals surface area contributed by atoms with Gasteiger partial charge in [0, 0.05) is 4.47 Å². The van der Waals surface area contributed by atoms with Crippen molar-refractivity contribution in [1.29, 1.82) is 0 Å². The fourth-order valence-corrected chi connectivity index (χ4v) is 3.33. The van der Waals surface area contributed by atoms with Crippen molar-refractivity contribution in [3.8, 4) is 0 Å². The first-order valence-corrected chi connectivity index (χ1v) is 8.14. The molecular formula is C17H23BrO. The maximum absolute atomic E-state index is 11.2. The van der Waals surface area contributed by atoms with Gasteiger partial charge in [0.2, 0.25) is 0 Å². The minimum atomic E-state index is -0.791. The molecule has 0 heterocycles. The standard InChI is InChI=1S/C17H23BrO/c1-2-17(19,15-11-8-12-16(18)13-15)14-9-6-4-3-5-7-10-14/h8-9,11-13,19H,2-7,10H2,1H3/b14-9+.